The normalized spacial score (nSPS) is 21.5. The maximum atomic E-state index is 12.1. The molecule has 7 nitrogen and oxygen atoms in total. The highest BCUT2D eigenvalue weighted by atomic mass is 16.2. The first-order valence-electron chi connectivity index (χ1n) is 7.25. The Balaban J connectivity index is 1.60. The molecule has 1 aromatic heterocycles. The van der Waals surface area contributed by atoms with Crippen molar-refractivity contribution in [2.24, 2.45) is 5.92 Å². The summed E-state index contributed by atoms with van der Waals surface area (Å²) in [5.41, 5.74) is 0.387. The van der Waals surface area contributed by atoms with Gasteiger partial charge in [0.15, 0.2) is 0 Å². The average Bonchev–Trinajstić information content (AvgIpc) is 2.87. The highest BCUT2D eigenvalue weighted by Crippen LogP contribution is 2.27. The molecule has 1 N–H and O–H groups in total. The Morgan fingerprint density at radius 3 is 2.86 bits per heavy atom. The number of carbonyl (C=O) groups is 2. The number of hydrogen-bond donors (Lipinski definition) is 1. The summed E-state index contributed by atoms with van der Waals surface area (Å²) in [5.74, 6) is 0.476. The van der Waals surface area contributed by atoms with Gasteiger partial charge in [-0.3, -0.25) is 9.59 Å². The van der Waals surface area contributed by atoms with Gasteiger partial charge in [-0.15, -0.1) is 0 Å². The van der Waals surface area contributed by atoms with Gasteiger partial charge in [0, 0.05) is 33.1 Å². The maximum Gasteiger partial charge on any atom is 0.225 e. The van der Waals surface area contributed by atoms with Gasteiger partial charge in [0.05, 0.1) is 12.0 Å². The highest BCUT2D eigenvalue weighted by Gasteiger charge is 2.42. The number of aromatic nitrogens is 1. The zero-order valence-corrected chi connectivity index (χ0v) is 12.3. The second-order valence-corrected chi connectivity index (χ2v) is 5.61. The first-order chi connectivity index (χ1) is 10.6. The monoisotopic (exact) mass is 299 g/mol. The summed E-state index contributed by atoms with van der Waals surface area (Å²) < 4.78 is 0. The number of nitrogens with one attached hydrogen (secondary N) is 1. The third-order valence-electron chi connectivity index (χ3n) is 4.25. The van der Waals surface area contributed by atoms with Crippen LogP contribution in [-0.2, 0) is 9.59 Å². The minimum absolute atomic E-state index is 0.0389. The van der Waals surface area contributed by atoms with Crippen LogP contribution in [0.3, 0.4) is 0 Å². The average molecular weight is 299 g/mol. The molecule has 2 amide bonds. The Labute approximate surface area is 128 Å². The summed E-state index contributed by atoms with van der Waals surface area (Å²) in [6, 6.07) is 7.47. The van der Waals surface area contributed by atoms with E-state index in [4.69, 9.17) is 5.26 Å². The summed E-state index contributed by atoms with van der Waals surface area (Å²) in [5, 5.41) is 11.5. The lowest BCUT2D eigenvalue weighted by Crippen LogP contribution is -2.60. The van der Waals surface area contributed by atoms with Crippen LogP contribution in [0.1, 0.15) is 12.1 Å². The molecule has 0 spiro atoms. The largest absolute Gasteiger partial charge is 0.359 e. The van der Waals surface area contributed by atoms with E-state index in [1.54, 1.807) is 24.1 Å². The Hall–Kier alpha value is -2.62. The van der Waals surface area contributed by atoms with Gasteiger partial charge in [-0.25, -0.2) is 4.98 Å². The van der Waals surface area contributed by atoms with Crippen LogP contribution in [0.25, 0.3) is 0 Å². The fourth-order valence-corrected chi connectivity index (χ4v) is 2.97. The summed E-state index contributed by atoms with van der Waals surface area (Å²) >= 11 is 0. The van der Waals surface area contributed by atoms with Gasteiger partial charge in [-0.05, 0) is 12.1 Å². The number of nitrogens with zero attached hydrogens (tertiary/aromatic N) is 4. The van der Waals surface area contributed by atoms with E-state index in [-0.39, 0.29) is 23.8 Å². The molecule has 3 heterocycles. The standard InChI is InChI=1S/C15H17N5O2/c1-17-15(22)10-5-14(21)20(7-10)12-8-19(9-12)13-4-2-3-11(6-16)18-13/h2-4,10,12H,5,7-9H2,1H3,(H,17,22). The first-order valence-corrected chi connectivity index (χ1v) is 7.25. The summed E-state index contributed by atoms with van der Waals surface area (Å²) in [6.45, 7) is 1.87. The molecule has 1 aromatic rings. The minimum atomic E-state index is -0.244. The summed E-state index contributed by atoms with van der Waals surface area (Å²) in [4.78, 5) is 31.8. The molecule has 22 heavy (non-hydrogen) atoms. The van der Waals surface area contributed by atoms with E-state index < -0.39 is 0 Å². The van der Waals surface area contributed by atoms with Crippen molar-refractivity contribution in [3.63, 3.8) is 0 Å². The van der Waals surface area contributed by atoms with Crippen molar-refractivity contribution in [3.8, 4) is 6.07 Å². The Morgan fingerprint density at radius 1 is 1.41 bits per heavy atom. The molecule has 1 atom stereocenters. The van der Waals surface area contributed by atoms with Crippen molar-refractivity contribution in [3.05, 3.63) is 23.9 Å². The van der Waals surface area contributed by atoms with Gasteiger partial charge in [0.2, 0.25) is 11.8 Å². The number of anilines is 1. The number of nitriles is 1. The number of rotatable bonds is 3. The number of amides is 2. The predicted octanol–water partition coefficient (Wildman–Crippen LogP) is -0.264. The lowest BCUT2D eigenvalue weighted by molar-refractivity contribution is -0.130. The number of pyridine rings is 1. The molecule has 2 aliphatic rings. The van der Waals surface area contributed by atoms with Crippen LogP contribution in [-0.4, -0.2) is 54.4 Å². The van der Waals surface area contributed by atoms with Crippen molar-refractivity contribution in [1.82, 2.24) is 15.2 Å². The quantitative estimate of drug-likeness (QED) is 0.830. The van der Waals surface area contributed by atoms with Crippen LogP contribution in [0.4, 0.5) is 5.82 Å². The first kappa shape index (κ1) is 14.3. The molecule has 0 bridgehead atoms. The second kappa shape index (κ2) is 5.64. The SMILES string of the molecule is CNC(=O)C1CC(=O)N(C2CN(c3cccc(C#N)n3)C2)C1. The van der Waals surface area contributed by atoms with E-state index in [1.807, 2.05) is 17.0 Å². The molecule has 2 aliphatic heterocycles. The Morgan fingerprint density at radius 2 is 2.18 bits per heavy atom. The van der Waals surface area contributed by atoms with Crippen LogP contribution in [0.2, 0.25) is 0 Å². The fraction of sp³-hybridized carbons (Fsp3) is 0.467. The summed E-state index contributed by atoms with van der Waals surface area (Å²) in [7, 11) is 1.59. The van der Waals surface area contributed by atoms with Crippen molar-refractivity contribution in [1.29, 1.82) is 5.26 Å². The topological polar surface area (TPSA) is 89.3 Å². The lowest BCUT2D eigenvalue weighted by atomic mass is 10.1. The molecule has 0 aromatic carbocycles. The zero-order valence-electron chi connectivity index (χ0n) is 12.3. The predicted molar refractivity (Wildman–Crippen MR) is 78.8 cm³/mol. The molecule has 0 saturated carbocycles. The van der Waals surface area contributed by atoms with E-state index in [2.05, 4.69) is 10.3 Å². The van der Waals surface area contributed by atoms with Crippen LogP contribution >= 0.6 is 0 Å². The van der Waals surface area contributed by atoms with Crippen LogP contribution < -0.4 is 10.2 Å². The third kappa shape index (κ3) is 2.48. The van der Waals surface area contributed by atoms with Gasteiger partial charge >= 0.3 is 0 Å². The maximum absolute atomic E-state index is 12.1. The molecule has 114 valence electrons. The molecule has 1 unspecified atom stereocenters. The molecule has 0 radical (unpaired) electrons. The smallest absolute Gasteiger partial charge is 0.225 e. The van der Waals surface area contributed by atoms with E-state index in [0.717, 1.165) is 5.82 Å². The van der Waals surface area contributed by atoms with Crippen LogP contribution in [0, 0.1) is 17.2 Å². The molecular formula is C15H17N5O2. The van der Waals surface area contributed by atoms with E-state index in [1.165, 1.54) is 0 Å². The Kier molecular flexibility index (Phi) is 3.67. The fourth-order valence-electron chi connectivity index (χ4n) is 2.97. The summed E-state index contributed by atoms with van der Waals surface area (Å²) in [6.07, 6.45) is 0.290. The molecule has 7 heteroatoms. The van der Waals surface area contributed by atoms with Gasteiger partial charge in [0.1, 0.15) is 17.6 Å². The second-order valence-electron chi connectivity index (χ2n) is 5.61. The minimum Gasteiger partial charge on any atom is -0.359 e. The zero-order chi connectivity index (χ0) is 15.7. The third-order valence-corrected chi connectivity index (χ3v) is 4.25. The highest BCUT2D eigenvalue weighted by molar-refractivity contribution is 5.89. The number of likely N-dealkylation sites (tertiary alicyclic amines) is 1. The van der Waals surface area contributed by atoms with Gasteiger partial charge < -0.3 is 15.1 Å². The van der Waals surface area contributed by atoms with Crippen molar-refractivity contribution >= 4 is 17.6 Å². The van der Waals surface area contributed by atoms with Crippen LogP contribution in [0.15, 0.2) is 18.2 Å². The molecule has 3 rings (SSSR count). The Bertz CT molecular complexity index is 648. The number of hydrogen-bond acceptors (Lipinski definition) is 5. The van der Waals surface area contributed by atoms with E-state index >= 15 is 0 Å². The molecule has 2 fully saturated rings. The molecule has 0 aliphatic carbocycles. The van der Waals surface area contributed by atoms with E-state index in [0.29, 0.717) is 31.7 Å². The lowest BCUT2D eigenvalue weighted by Gasteiger charge is -2.44. The van der Waals surface area contributed by atoms with Crippen molar-refractivity contribution < 1.29 is 9.59 Å². The van der Waals surface area contributed by atoms with Gasteiger partial charge in [0.25, 0.3) is 0 Å². The van der Waals surface area contributed by atoms with Gasteiger partial charge in [-0.2, -0.15) is 5.26 Å². The van der Waals surface area contributed by atoms with Gasteiger partial charge in [-0.1, -0.05) is 6.07 Å². The van der Waals surface area contributed by atoms with Crippen molar-refractivity contribution in [2.45, 2.75) is 12.5 Å². The number of carbonyl (C=O) groups excluding carboxylic acids is 2. The molecule has 2 saturated heterocycles. The van der Waals surface area contributed by atoms with Crippen molar-refractivity contribution in [2.75, 3.05) is 31.6 Å². The van der Waals surface area contributed by atoms with E-state index in [9.17, 15) is 9.59 Å². The molecular weight excluding hydrogens is 282 g/mol. The van der Waals surface area contributed by atoms with Crippen LogP contribution in [0.5, 0.6) is 0 Å².